The summed E-state index contributed by atoms with van der Waals surface area (Å²) in [6.45, 7) is 6.54. The Kier molecular flexibility index (Phi) is 8.84. The number of carboxylic acid groups (broad SMARTS) is 1. The van der Waals surface area contributed by atoms with Crippen molar-refractivity contribution in [2.45, 2.75) is 57.9 Å². The third-order valence-corrected chi connectivity index (χ3v) is 4.77. The number of carboxylic acids is 1. The van der Waals surface area contributed by atoms with Crippen LogP contribution in [0.25, 0.3) is 0 Å². The molecule has 122 valence electrons. The quantitative estimate of drug-likeness (QED) is 0.554. The highest BCUT2D eigenvalue weighted by Crippen LogP contribution is 2.03. The van der Waals surface area contributed by atoms with Gasteiger partial charge in [-0.1, -0.05) is 13.8 Å². The largest absolute Gasteiger partial charge is 0.480 e. The lowest BCUT2D eigenvalue weighted by Gasteiger charge is -2.19. The van der Waals surface area contributed by atoms with Gasteiger partial charge in [-0.15, -0.1) is 0 Å². The third-order valence-electron chi connectivity index (χ3n) is 3.10. The van der Waals surface area contributed by atoms with E-state index in [-0.39, 0.29) is 17.7 Å². The van der Waals surface area contributed by atoms with Crippen LogP contribution < -0.4 is 10.6 Å². The molecule has 2 amide bonds. The molecule has 0 bridgehead atoms. The minimum Gasteiger partial charge on any atom is -0.480 e. The van der Waals surface area contributed by atoms with Gasteiger partial charge in [0, 0.05) is 23.8 Å². The summed E-state index contributed by atoms with van der Waals surface area (Å²) in [5, 5.41) is 13.1. The van der Waals surface area contributed by atoms with E-state index in [9.17, 15) is 18.6 Å². The van der Waals surface area contributed by atoms with E-state index < -0.39 is 34.0 Å². The first-order chi connectivity index (χ1) is 9.72. The molecule has 0 radical (unpaired) electrons. The third kappa shape index (κ3) is 7.22. The first-order valence-corrected chi connectivity index (χ1v) is 8.28. The zero-order valence-electron chi connectivity index (χ0n) is 12.8. The van der Waals surface area contributed by atoms with Crippen molar-refractivity contribution < 1.29 is 23.7 Å². The van der Waals surface area contributed by atoms with Crippen molar-refractivity contribution in [2.75, 3.05) is 5.75 Å². The lowest BCUT2D eigenvalue weighted by Crippen LogP contribution is -2.47. The molecule has 0 aromatic heterocycles. The molecule has 0 saturated heterocycles. The summed E-state index contributed by atoms with van der Waals surface area (Å²) >= 11 is 0. The van der Waals surface area contributed by atoms with E-state index in [0.717, 1.165) is 12.8 Å². The van der Waals surface area contributed by atoms with E-state index in [0.29, 0.717) is 0 Å². The molecule has 0 fully saturated rings. The average Bonchev–Trinajstić information content (AvgIpc) is 2.41. The molecule has 0 aromatic carbocycles. The van der Waals surface area contributed by atoms with Crippen molar-refractivity contribution in [3.63, 3.8) is 0 Å². The average molecular weight is 320 g/mol. The molecule has 7 nitrogen and oxygen atoms in total. The number of hydrogen-bond acceptors (Lipinski definition) is 4. The molecule has 3 atom stereocenters. The van der Waals surface area contributed by atoms with Crippen LogP contribution in [0.5, 0.6) is 0 Å². The lowest BCUT2D eigenvalue weighted by atomic mass is 10.2. The van der Waals surface area contributed by atoms with Gasteiger partial charge in [0.05, 0.1) is 5.75 Å². The van der Waals surface area contributed by atoms with Gasteiger partial charge >= 0.3 is 5.97 Å². The van der Waals surface area contributed by atoms with Crippen LogP contribution in [0.15, 0.2) is 0 Å². The number of aliphatic carboxylic acids is 1. The van der Waals surface area contributed by atoms with E-state index in [1.165, 1.54) is 13.8 Å². The van der Waals surface area contributed by atoms with Gasteiger partial charge in [-0.3, -0.25) is 13.8 Å². The normalized spacial score (nSPS) is 15.1. The highest BCUT2D eigenvalue weighted by atomic mass is 32.2. The lowest BCUT2D eigenvalue weighted by molar-refractivity contribution is -0.140. The molecule has 3 N–H and O–H groups in total. The molecule has 2 unspecified atom stereocenters. The van der Waals surface area contributed by atoms with Crippen LogP contribution in [-0.4, -0.2) is 50.2 Å². The summed E-state index contributed by atoms with van der Waals surface area (Å²) in [4.78, 5) is 33.8. The standard InChI is InChI=1S/C13H24N2O5S/c1-5-10(6-2)15-12(17)8(3)21(20)7-11(13(18)19)14-9(4)16/h8,10-11H,5-7H2,1-4H3,(H,14,16)(H,15,17)(H,18,19)/t8?,11-,21?/m0/s1. The number of nitrogens with one attached hydrogen (secondary N) is 2. The Morgan fingerprint density at radius 2 is 1.67 bits per heavy atom. The van der Waals surface area contributed by atoms with Crippen LogP contribution >= 0.6 is 0 Å². The number of amides is 2. The second kappa shape index (κ2) is 9.49. The van der Waals surface area contributed by atoms with E-state index in [1.807, 2.05) is 13.8 Å². The molecule has 0 aromatic rings. The Bertz CT molecular complexity index is 409. The summed E-state index contributed by atoms with van der Waals surface area (Å²) in [6, 6.07) is -1.24. The van der Waals surface area contributed by atoms with Crippen LogP contribution in [0.2, 0.25) is 0 Å². The second-order valence-electron chi connectivity index (χ2n) is 4.80. The Labute approximate surface area is 127 Å². The maximum Gasteiger partial charge on any atom is 0.327 e. The first kappa shape index (κ1) is 19.6. The molecule has 0 aliphatic rings. The summed E-state index contributed by atoms with van der Waals surface area (Å²) in [5.41, 5.74) is 0. The van der Waals surface area contributed by atoms with Crippen molar-refractivity contribution in [3.8, 4) is 0 Å². The summed E-state index contributed by atoms with van der Waals surface area (Å²) < 4.78 is 12.1. The maximum atomic E-state index is 12.1. The first-order valence-electron chi connectivity index (χ1n) is 6.90. The van der Waals surface area contributed by atoms with Crippen LogP contribution in [0.3, 0.4) is 0 Å². The highest BCUT2D eigenvalue weighted by Gasteiger charge is 2.27. The minimum atomic E-state index is -1.69. The molecule has 0 aliphatic carbocycles. The summed E-state index contributed by atoms with van der Waals surface area (Å²) in [6.07, 6.45) is 1.54. The zero-order chi connectivity index (χ0) is 16.6. The fourth-order valence-electron chi connectivity index (χ4n) is 1.66. The fraction of sp³-hybridized carbons (Fsp3) is 0.769. The predicted molar refractivity (Wildman–Crippen MR) is 80.2 cm³/mol. The molecule has 0 spiro atoms. The van der Waals surface area contributed by atoms with E-state index in [1.54, 1.807) is 0 Å². The van der Waals surface area contributed by atoms with Gasteiger partial charge in [0.25, 0.3) is 0 Å². The topological polar surface area (TPSA) is 113 Å². The number of carbonyl (C=O) groups excluding carboxylic acids is 2. The van der Waals surface area contributed by atoms with Crippen LogP contribution in [0, 0.1) is 0 Å². The van der Waals surface area contributed by atoms with E-state index in [2.05, 4.69) is 10.6 Å². The van der Waals surface area contributed by atoms with Crippen molar-refractivity contribution in [1.29, 1.82) is 0 Å². The molecule has 0 aliphatic heterocycles. The second-order valence-corrected chi connectivity index (χ2v) is 6.60. The molecular weight excluding hydrogens is 296 g/mol. The number of carbonyl (C=O) groups is 3. The number of rotatable bonds is 9. The Morgan fingerprint density at radius 1 is 1.14 bits per heavy atom. The monoisotopic (exact) mass is 320 g/mol. The summed E-state index contributed by atoms with van der Waals surface area (Å²) in [5.74, 6) is -2.46. The van der Waals surface area contributed by atoms with Gasteiger partial charge in [-0.05, 0) is 19.8 Å². The highest BCUT2D eigenvalue weighted by molar-refractivity contribution is 7.86. The zero-order valence-corrected chi connectivity index (χ0v) is 13.7. The molecule has 0 rings (SSSR count). The molecule has 0 heterocycles. The van der Waals surface area contributed by atoms with Gasteiger partial charge in [0.2, 0.25) is 11.8 Å². The fourth-order valence-corrected chi connectivity index (χ4v) is 2.81. The van der Waals surface area contributed by atoms with Crippen molar-refractivity contribution in [2.24, 2.45) is 0 Å². The van der Waals surface area contributed by atoms with E-state index >= 15 is 0 Å². The Balaban J connectivity index is 4.64. The Hall–Kier alpha value is -1.44. The van der Waals surface area contributed by atoms with Crippen LogP contribution in [0.1, 0.15) is 40.5 Å². The van der Waals surface area contributed by atoms with Gasteiger partial charge in [-0.2, -0.15) is 0 Å². The number of hydrogen-bond donors (Lipinski definition) is 3. The molecular formula is C13H24N2O5S. The smallest absolute Gasteiger partial charge is 0.327 e. The summed E-state index contributed by atoms with van der Waals surface area (Å²) in [7, 11) is -1.69. The molecule has 0 saturated carbocycles. The van der Waals surface area contributed by atoms with Gasteiger partial charge in [-0.25, -0.2) is 4.79 Å². The SMILES string of the molecule is CCC(CC)NC(=O)C(C)S(=O)C[C@H](NC(C)=O)C(=O)O. The van der Waals surface area contributed by atoms with Crippen molar-refractivity contribution >= 4 is 28.6 Å². The predicted octanol–water partition coefficient (Wildman–Crippen LogP) is 0.0177. The molecule has 8 heteroatoms. The van der Waals surface area contributed by atoms with Crippen molar-refractivity contribution in [3.05, 3.63) is 0 Å². The van der Waals surface area contributed by atoms with Gasteiger partial charge in [0.15, 0.2) is 0 Å². The van der Waals surface area contributed by atoms with Gasteiger partial charge in [0.1, 0.15) is 11.3 Å². The van der Waals surface area contributed by atoms with Crippen LogP contribution in [0.4, 0.5) is 0 Å². The van der Waals surface area contributed by atoms with Crippen LogP contribution in [-0.2, 0) is 25.2 Å². The van der Waals surface area contributed by atoms with Gasteiger partial charge < -0.3 is 15.7 Å². The molecule has 21 heavy (non-hydrogen) atoms. The minimum absolute atomic E-state index is 0.0163. The maximum absolute atomic E-state index is 12.1. The van der Waals surface area contributed by atoms with E-state index in [4.69, 9.17) is 5.11 Å². The Morgan fingerprint density at radius 3 is 2.05 bits per heavy atom. The van der Waals surface area contributed by atoms with Crippen molar-refractivity contribution in [1.82, 2.24) is 10.6 Å².